The summed E-state index contributed by atoms with van der Waals surface area (Å²) in [5.74, 6) is -0.283. The first-order chi connectivity index (χ1) is 16.4. The molecule has 0 saturated carbocycles. The summed E-state index contributed by atoms with van der Waals surface area (Å²) in [5.41, 5.74) is 1.46. The molecule has 4 rings (SSSR count). The molecule has 10 heteroatoms. The lowest BCUT2D eigenvalue weighted by Gasteiger charge is -2.34. The molecule has 2 aromatic rings. The summed E-state index contributed by atoms with van der Waals surface area (Å²) in [4.78, 5) is 18.8. The van der Waals surface area contributed by atoms with E-state index in [1.165, 1.54) is 18.3 Å². The van der Waals surface area contributed by atoms with Gasteiger partial charge in [-0.25, -0.2) is 4.98 Å². The quantitative estimate of drug-likeness (QED) is 0.584. The van der Waals surface area contributed by atoms with Crippen LogP contribution in [0, 0.1) is 0 Å². The minimum Gasteiger partial charge on any atom is -0.468 e. The zero-order valence-electron chi connectivity index (χ0n) is 20.4. The predicted octanol–water partition coefficient (Wildman–Crippen LogP) is 4.34. The Bertz CT molecular complexity index is 1040. The van der Waals surface area contributed by atoms with Crippen molar-refractivity contribution < 1.29 is 32.0 Å². The van der Waals surface area contributed by atoms with Gasteiger partial charge in [-0.3, -0.25) is 4.79 Å². The second-order valence-corrected chi connectivity index (χ2v) is 10.1. The minimum absolute atomic E-state index is 0.102. The van der Waals surface area contributed by atoms with Crippen molar-refractivity contribution in [1.82, 2.24) is 9.88 Å². The average molecular weight is 490 g/mol. The normalized spacial score (nSPS) is 21.7. The zero-order chi connectivity index (χ0) is 25.4. The number of carbonyl (C=O) groups excluding carboxylic acids is 1. The summed E-state index contributed by atoms with van der Waals surface area (Å²) >= 11 is 0. The van der Waals surface area contributed by atoms with Crippen LogP contribution in [0.5, 0.6) is 5.88 Å². The first-order valence-corrected chi connectivity index (χ1v) is 11.8. The molecule has 1 atom stereocenters. The van der Waals surface area contributed by atoms with Crippen molar-refractivity contribution in [2.45, 2.75) is 63.8 Å². The maximum Gasteiger partial charge on any atom is 0.495 e. The summed E-state index contributed by atoms with van der Waals surface area (Å²) in [7, 11) is -0.490. The first kappa shape index (κ1) is 25.5. The van der Waals surface area contributed by atoms with Gasteiger partial charge < -0.3 is 18.9 Å². The van der Waals surface area contributed by atoms with E-state index in [0.717, 1.165) is 23.9 Å². The summed E-state index contributed by atoms with van der Waals surface area (Å²) in [6.07, 6.45) is -1.44. The van der Waals surface area contributed by atoms with Crippen LogP contribution >= 0.6 is 0 Å². The number of amides is 1. The molecule has 0 bridgehead atoms. The molecule has 0 spiro atoms. The number of rotatable bonds is 5. The van der Waals surface area contributed by atoms with Gasteiger partial charge in [-0.15, -0.1) is 0 Å². The Morgan fingerprint density at radius 1 is 1.14 bits per heavy atom. The van der Waals surface area contributed by atoms with Crippen molar-refractivity contribution >= 4 is 18.5 Å². The molecular formula is C25H30BF3N2O4. The molecule has 2 aliphatic heterocycles. The van der Waals surface area contributed by atoms with Crippen LogP contribution in [0.15, 0.2) is 42.6 Å². The average Bonchev–Trinajstić information content (AvgIpc) is 3.04. The molecule has 6 nitrogen and oxygen atoms in total. The van der Waals surface area contributed by atoms with Gasteiger partial charge in [0, 0.05) is 31.3 Å². The summed E-state index contributed by atoms with van der Waals surface area (Å²) < 4.78 is 54.2. The van der Waals surface area contributed by atoms with Gasteiger partial charge in [0.2, 0.25) is 5.88 Å². The number of carbonyl (C=O) groups is 1. The van der Waals surface area contributed by atoms with Crippen molar-refractivity contribution in [2.24, 2.45) is 0 Å². The number of alkyl halides is 3. The molecule has 1 unspecified atom stereocenters. The largest absolute Gasteiger partial charge is 0.495 e. The third-order valence-electron chi connectivity index (χ3n) is 7.02. The third kappa shape index (κ3) is 5.64. The number of pyridine rings is 1. The molecule has 0 aliphatic carbocycles. The Kier molecular flexibility index (Phi) is 6.90. The molecule has 3 heterocycles. The highest BCUT2D eigenvalue weighted by Crippen LogP contribution is 2.37. The molecule has 1 amide bonds. The number of piperidine rings is 1. The highest BCUT2D eigenvalue weighted by atomic mass is 19.4. The molecule has 2 saturated heterocycles. The summed E-state index contributed by atoms with van der Waals surface area (Å²) in [6.45, 7) is 7.76. The van der Waals surface area contributed by atoms with Crippen LogP contribution in [-0.2, 0) is 9.31 Å². The van der Waals surface area contributed by atoms with Gasteiger partial charge in [0.15, 0.2) is 6.61 Å². The van der Waals surface area contributed by atoms with Crippen LogP contribution in [0.4, 0.5) is 13.2 Å². The van der Waals surface area contributed by atoms with E-state index in [4.69, 9.17) is 9.31 Å². The van der Waals surface area contributed by atoms with E-state index in [1.54, 1.807) is 4.90 Å². The molecule has 188 valence electrons. The maximum atomic E-state index is 13.1. The lowest BCUT2D eigenvalue weighted by atomic mass is 9.72. The molecular weight excluding hydrogens is 460 g/mol. The van der Waals surface area contributed by atoms with Crippen LogP contribution < -0.4 is 10.2 Å². The van der Waals surface area contributed by atoms with Crippen LogP contribution in [0.1, 0.15) is 62.4 Å². The number of hydrogen-bond acceptors (Lipinski definition) is 5. The van der Waals surface area contributed by atoms with Gasteiger partial charge in [-0.1, -0.05) is 24.3 Å². The molecule has 0 N–H and O–H groups in total. The van der Waals surface area contributed by atoms with Crippen molar-refractivity contribution in [3.8, 4) is 5.88 Å². The number of hydrogen-bond donors (Lipinski definition) is 0. The fourth-order valence-corrected chi connectivity index (χ4v) is 4.41. The Morgan fingerprint density at radius 2 is 1.83 bits per heavy atom. The number of benzene rings is 1. The van der Waals surface area contributed by atoms with Gasteiger partial charge in [0.1, 0.15) is 0 Å². The SMILES string of the molecule is CC1(C)OB(c2ccccc2C2CCCN(C(=O)c3ccc(OCC(F)(F)F)nc3)C2)OC1(C)C. The summed E-state index contributed by atoms with van der Waals surface area (Å²) in [6, 6.07) is 10.8. The van der Waals surface area contributed by atoms with Gasteiger partial charge in [0.05, 0.1) is 16.8 Å². The molecule has 2 aliphatic rings. The molecule has 1 aromatic carbocycles. The minimum atomic E-state index is -4.45. The van der Waals surface area contributed by atoms with Crippen molar-refractivity contribution in [2.75, 3.05) is 19.7 Å². The number of ether oxygens (including phenoxy) is 1. The van der Waals surface area contributed by atoms with Crippen molar-refractivity contribution in [3.63, 3.8) is 0 Å². The Balaban J connectivity index is 1.47. The summed E-state index contributed by atoms with van der Waals surface area (Å²) in [5, 5.41) is 0. The van der Waals surface area contributed by atoms with Gasteiger partial charge >= 0.3 is 13.3 Å². The Labute approximate surface area is 203 Å². The fraction of sp³-hybridized carbons (Fsp3) is 0.520. The second-order valence-electron chi connectivity index (χ2n) is 10.1. The van der Waals surface area contributed by atoms with Crippen LogP contribution in [-0.4, -0.2) is 60.0 Å². The number of likely N-dealkylation sites (tertiary alicyclic amines) is 1. The Morgan fingerprint density at radius 3 is 2.46 bits per heavy atom. The van der Waals surface area contributed by atoms with Crippen LogP contribution in [0.2, 0.25) is 0 Å². The van der Waals surface area contributed by atoms with E-state index in [-0.39, 0.29) is 17.7 Å². The van der Waals surface area contributed by atoms with E-state index in [2.05, 4.69) is 15.8 Å². The van der Waals surface area contributed by atoms with Crippen molar-refractivity contribution in [1.29, 1.82) is 0 Å². The standard InChI is InChI=1S/C25H30BF3N2O4/c1-23(2)24(3,4)35-26(34-23)20-10-6-5-9-19(20)18-8-7-13-31(15-18)22(32)17-11-12-21(30-14-17)33-16-25(27,28)29/h5-6,9-12,14,18H,7-8,13,15-16H2,1-4H3. The molecule has 35 heavy (non-hydrogen) atoms. The predicted molar refractivity (Wildman–Crippen MR) is 126 cm³/mol. The van der Waals surface area contributed by atoms with Crippen molar-refractivity contribution in [3.05, 3.63) is 53.7 Å². The smallest absolute Gasteiger partial charge is 0.468 e. The Hall–Kier alpha value is -2.59. The second kappa shape index (κ2) is 9.46. The number of halogens is 3. The van der Waals surface area contributed by atoms with Gasteiger partial charge in [-0.05, 0) is 57.6 Å². The van der Waals surface area contributed by atoms with E-state index < -0.39 is 31.1 Å². The molecule has 0 radical (unpaired) electrons. The molecule has 2 fully saturated rings. The van der Waals surface area contributed by atoms with Gasteiger partial charge in [0.25, 0.3) is 5.91 Å². The van der Waals surface area contributed by atoms with E-state index >= 15 is 0 Å². The lowest BCUT2D eigenvalue weighted by Crippen LogP contribution is -2.43. The van der Waals surface area contributed by atoms with E-state index in [9.17, 15) is 18.0 Å². The van der Waals surface area contributed by atoms with E-state index in [1.807, 2.05) is 45.9 Å². The van der Waals surface area contributed by atoms with Crippen LogP contribution in [0.25, 0.3) is 0 Å². The van der Waals surface area contributed by atoms with Gasteiger partial charge in [-0.2, -0.15) is 13.2 Å². The number of aromatic nitrogens is 1. The first-order valence-electron chi connectivity index (χ1n) is 11.8. The fourth-order valence-electron chi connectivity index (χ4n) is 4.41. The topological polar surface area (TPSA) is 60.9 Å². The zero-order valence-corrected chi connectivity index (χ0v) is 20.4. The highest BCUT2D eigenvalue weighted by Gasteiger charge is 2.52. The highest BCUT2D eigenvalue weighted by molar-refractivity contribution is 6.62. The lowest BCUT2D eigenvalue weighted by molar-refractivity contribution is -0.154. The third-order valence-corrected chi connectivity index (χ3v) is 7.02. The van der Waals surface area contributed by atoms with E-state index in [0.29, 0.717) is 18.7 Å². The number of nitrogens with zero attached hydrogens (tertiary/aromatic N) is 2. The molecule has 1 aromatic heterocycles. The maximum absolute atomic E-state index is 13.1. The monoisotopic (exact) mass is 490 g/mol. The van der Waals surface area contributed by atoms with Crippen LogP contribution in [0.3, 0.4) is 0 Å².